The van der Waals surface area contributed by atoms with Gasteiger partial charge in [-0.25, -0.2) is 4.79 Å². The van der Waals surface area contributed by atoms with E-state index in [4.69, 9.17) is 27.9 Å². The van der Waals surface area contributed by atoms with E-state index < -0.39 is 18.5 Å². The number of anilines is 1. The maximum absolute atomic E-state index is 11.9. The van der Waals surface area contributed by atoms with Gasteiger partial charge in [0.25, 0.3) is 5.91 Å². The highest BCUT2D eigenvalue weighted by Gasteiger charge is 2.14. The Kier molecular flexibility index (Phi) is 6.02. The van der Waals surface area contributed by atoms with Crippen LogP contribution < -0.4 is 5.32 Å². The van der Waals surface area contributed by atoms with Crippen LogP contribution in [0.4, 0.5) is 5.69 Å². The minimum absolute atomic E-state index is 0.163. The summed E-state index contributed by atoms with van der Waals surface area (Å²) in [6.45, 7) is 1.66. The first kappa shape index (κ1) is 17.3. The topological polar surface area (TPSA) is 55.4 Å². The number of rotatable bonds is 5. The first-order valence-corrected chi connectivity index (χ1v) is 7.76. The van der Waals surface area contributed by atoms with Crippen molar-refractivity contribution in [3.8, 4) is 0 Å². The average Bonchev–Trinajstić information content (AvgIpc) is 2.53. The van der Waals surface area contributed by atoms with Crippen molar-refractivity contribution >= 4 is 40.8 Å². The number of benzene rings is 2. The molecule has 2 aromatic carbocycles. The van der Waals surface area contributed by atoms with Gasteiger partial charge < -0.3 is 10.1 Å². The number of ether oxygens (including phenoxy) is 1. The highest BCUT2D eigenvalue weighted by Crippen LogP contribution is 2.21. The molecule has 0 spiro atoms. The quantitative estimate of drug-likeness (QED) is 0.814. The Morgan fingerprint density at radius 3 is 2.39 bits per heavy atom. The Balaban J connectivity index is 1.89. The molecule has 0 unspecified atom stereocenters. The van der Waals surface area contributed by atoms with Gasteiger partial charge in [-0.2, -0.15) is 0 Å². The molecule has 0 heterocycles. The largest absolute Gasteiger partial charge is 0.452 e. The number of hydrogen-bond donors (Lipinski definition) is 1. The predicted molar refractivity (Wildman–Crippen MR) is 91.2 cm³/mol. The number of hydrogen-bond acceptors (Lipinski definition) is 3. The molecule has 2 rings (SSSR count). The zero-order valence-corrected chi connectivity index (χ0v) is 13.9. The van der Waals surface area contributed by atoms with Crippen molar-refractivity contribution in [1.82, 2.24) is 0 Å². The third-order valence-electron chi connectivity index (χ3n) is 3.13. The molecule has 0 aliphatic heterocycles. The standard InChI is InChI=1S/C17H15Cl2NO3/c1-2-11-3-6-13(7-4-11)20-16(21)10-23-17(22)14-8-5-12(18)9-15(14)19/h3-9H,2,10H2,1H3,(H,20,21). The molecule has 0 aliphatic carbocycles. The van der Waals surface area contributed by atoms with Gasteiger partial charge >= 0.3 is 5.97 Å². The molecule has 120 valence electrons. The maximum atomic E-state index is 11.9. The van der Waals surface area contributed by atoms with E-state index >= 15 is 0 Å². The van der Waals surface area contributed by atoms with Crippen LogP contribution >= 0.6 is 23.2 Å². The Bertz CT molecular complexity index is 714. The summed E-state index contributed by atoms with van der Waals surface area (Å²) in [6.07, 6.45) is 0.924. The monoisotopic (exact) mass is 351 g/mol. The summed E-state index contributed by atoms with van der Waals surface area (Å²) in [7, 11) is 0. The van der Waals surface area contributed by atoms with Gasteiger partial charge in [0.2, 0.25) is 0 Å². The van der Waals surface area contributed by atoms with Crippen molar-refractivity contribution < 1.29 is 14.3 Å². The summed E-state index contributed by atoms with van der Waals surface area (Å²) in [5, 5.41) is 3.25. The van der Waals surface area contributed by atoms with Crippen LogP contribution in [0, 0.1) is 0 Å². The lowest BCUT2D eigenvalue weighted by atomic mass is 10.1. The lowest BCUT2D eigenvalue weighted by Gasteiger charge is -2.08. The maximum Gasteiger partial charge on any atom is 0.340 e. The number of aryl methyl sites for hydroxylation is 1. The van der Waals surface area contributed by atoms with E-state index in [9.17, 15) is 9.59 Å². The fraction of sp³-hybridized carbons (Fsp3) is 0.176. The van der Waals surface area contributed by atoms with E-state index in [1.807, 2.05) is 12.1 Å². The zero-order chi connectivity index (χ0) is 16.8. The van der Waals surface area contributed by atoms with Crippen molar-refractivity contribution in [1.29, 1.82) is 0 Å². The van der Waals surface area contributed by atoms with E-state index in [2.05, 4.69) is 12.2 Å². The van der Waals surface area contributed by atoms with Gasteiger partial charge in [0.1, 0.15) is 0 Å². The van der Waals surface area contributed by atoms with Gasteiger partial charge in [0, 0.05) is 10.7 Å². The fourth-order valence-corrected chi connectivity index (χ4v) is 2.37. The molecule has 0 bridgehead atoms. The van der Waals surface area contributed by atoms with Gasteiger partial charge in [-0.1, -0.05) is 42.3 Å². The summed E-state index contributed by atoms with van der Waals surface area (Å²) in [6, 6.07) is 11.9. The SMILES string of the molecule is CCc1ccc(NC(=O)COC(=O)c2ccc(Cl)cc2Cl)cc1. The van der Waals surface area contributed by atoms with Crippen molar-refractivity contribution in [2.75, 3.05) is 11.9 Å². The Labute approximate surface area is 144 Å². The minimum Gasteiger partial charge on any atom is -0.452 e. The van der Waals surface area contributed by atoms with Crippen LogP contribution in [0.25, 0.3) is 0 Å². The molecule has 0 saturated heterocycles. The highest BCUT2D eigenvalue weighted by atomic mass is 35.5. The molecule has 0 atom stereocenters. The second kappa shape index (κ2) is 7.99. The molecule has 4 nitrogen and oxygen atoms in total. The number of carbonyl (C=O) groups excluding carboxylic acids is 2. The molecular weight excluding hydrogens is 337 g/mol. The summed E-state index contributed by atoms with van der Waals surface area (Å²) < 4.78 is 4.95. The lowest BCUT2D eigenvalue weighted by Crippen LogP contribution is -2.21. The first-order chi connectivity index (χ1) is 11.0. The minimum atomic E-state index is -0.678. The van der Waals surface area contributed by atoms with Gasteiger partial charge in [0.05, 0.1) is 10.6 Å². The van der Waals surface area contributed by atoms with Crippen LogP contribution in [0.2, 0.25) is 10.0 Å². The van der Waals surface area contributed by atoms with Crippen LogP contribution in [0.3, 0.4) is 0 Å². The first-order valence-electron chi connectivity index (χ1n) is 7.00. The number of amides is 1. The average molecular weight is 352 g/mol. The van der Waals surface area contributed by atoms with Crippen LogP contribution in [-0.4, -0.2) is 18.5 Å². The van der Waals surface area contributed by atoms with Crippen molar-refractivity contribution in [2.24, 2.45) is 0 Å². The molecule has 6 heteroatoms. The summed E-state index contributed by atoms with van der Waals surface area (Å²) in [4.78, 5) is 23.7. The van der Waals surface area contributed by atoms with E-state index in [1.165, 1.54) is 23.8 Å². The molecule has 0 aliphatic rings. The zero-order valence-electron chi connectivity index (χ0n) is 12.4. The second-order valence-corrected chi connectivity index (χ2v) is 5.64. The van der Waals surface area contributed by atoms with E-state index in [0.29, 0.717) is 10.7 Å². The fourth-order valence-electron chi connectivity index (χ4n) is 1.88. The Morgan fingerprint density at radius 2 is 1.78 bits per heavy atom. The molecule has 0 fully saturated rings. The molecule has 0 saturated carbocycles. The van der Waals surface area contributed by atoms with Crippen LogP contribution in [0.15, 0.2) is 42.5 Å². The summed E-state index contributed by atoms with van der Waals surface area (Å²) >= 11 is 11.7. The van der Waals surface area contributed by atoms with Crippen molar-refractivity contribution in [3.05, 3.63) is 63.6 Å². The summed E-state index contributed by atoms with van der Waals surface area (Å²) in [5.74, 6) is -1.10. The molecule has 1 amide bonds. The Morgan fingerprint density at radius 1 is 1.09 bits per heavy atom. The number of nitrogens with one attached hydrogen (secondary N) is 1. The molecule has 0 radical (unpaired) electrons. The van der Waals surface area contributed by atoms with Crippen LogP contribution in [-0.2, 0) is 16.0 Å². The molecule has 1 N–H and O–H groups in total. The number of carbonyl (C=O) groups is 2. The smallest absolute Gasteiger partial charge is 0.340 e. The van der Waals surface area contributed by atoms with Gasteiger partial charge in [-0.3, -0.25) is 4.79 Å². The molecule has 23 heavy (non-hydrogen) atoms. The predicted octanol–water partition coefficient (Wildman–Crippen LogP) is 4.35. The molecule has 0 aromatic heterocycles. The highest BCUT2D eigenvalue weighted by molar-refractivity contribution is 6.36. The summed E-state index contributed by atoms with van der Waals surface area (Å²) in [5.41, 5.74) is 1.98. The van der Waals surface area contributed by atoms with Crippen LogP contribution in [0.5, 0.6) is 0 Å². The number of esters is 1. The van der Waals surface area contributed by atoms with Gasteiger partial charge in [-0.05, 0) is 42.3 Å². The molecule has 2 aromatic rings. The van der Waals surface area contributed by atoms with Crippen LogP contribution in [0.1, 0.15) is 22.8 Å². The third-order valence-corrected chi connectivity index (χ3v) is 3.68. The van der Waals surface area contributed by atoms with Crippen molar-refractivity contribution in [3.63, 3.8) is 0 Å². The van der Waals surface area contributed by atoms with E-state index in [0.717, 1.165) is 6.42 Å². The van der Waals surface area contributed by atoms with Gasteiger partial charge in [0.15, 0.2) is 6.61 Å². The Hall–Kier alpha value is -2.04. The van der Waals surface area contributed by atoms with E-state index in [-0.39, 0.29) is 10.6 Å². The normalized spacial score (nSPS) is 10.2. The number of halogens is 2. The lowest BCUT2D eigenvalue weighted by molar-refractivity contribution is -0.119. The third kappa shape index (κ3) is 4.98. The second-order valence-electron chi connectivity index (χ2n) is 4.80. The van der Waals surface area contributed by atoms with E-state index in [1.54, 1.807) is 12.1 Å². The van der Waals surface area contributed by atoms with Gasteiger partial charge in [-0.15, -0.1) is 0 Å². The molecular formula is C17H15Cl2NO3. The van der Waals surface area contributed by atoms with Crippen molar-refractivity contribution in [2.45, 2.75) is 13.3 Å².